The molecule has 54 heavy (non-hydrogen) atoms. The molecule has 13 nitrogen and oxygen atoms in total. The number of esters is 1. The molecule has 7 atom stereocenters. The van der Waals surface area contributed by atoms with E-state index in [0.29, 0.717) is 36.5 Å². The number of benzene rings is 1. The van der Waals surface area contributed by atoms with Gasteiger partial charge in [0.2, 0.25) is 11.8 Å². The zero-order chi connectivity index (χ0) is 40.3. The molecule has 1 aliphatic rings. The number of nitrogen functional groups attached to an aromatic ring is 1. The van der Waals surface area contributed by atoms with Gasteiger partial charge in [-0.05, 0) is 89.1 Å². The second kappa shape index (κ2) is 20.0. The van der Waals surface area contributed by atoms with Crippen molar-refractivity contribution < 1.29 is 33.8 Å². The highest BCUT2D eigenvalue weighted by molar-refractivity contribution is 7.09. The molecule has 1 saturated heterocycles. The Balaban J connectivity index is 1.87. The molecule has 1 aromatic carbocycles. The lowest BCUT2D eigenvalue weighted by atomic mass is 9.86. The van der Waals surface area contributed by atoms with Crippen LogP contribution in [0.3, 0.4) is 0 Å². The maximum Gasteiger partial charge on any atom is 0.306 e. The van der Waals surface area contributed by atoms with E-state index < -0.39 is 53.5 Å². The first-order chi connectivity index (χ1) is 25.4. The number of aromatic nitrogens is 1. The summed E-state index contributed by atoms with van der Waals surface area (Å²) in [6.45, 7) is 15.9. The number of carboxylic acid groups (broad SMARTS) is 1. The Bertz CT molecular complexity index is 1580. The van der Waals surface area contributed by atoms with Crippen molar-refractivity contribution in [2.45, 2.75) is 130 Å². The SMILES string of the molecule is CC[C@H](C)[C@H](NC(=O)[C@@]1(C)CCCCN1C)C(=O)N(CC)C(C[C@@H](OC(C)=O)c1nc(C(=O)N[C@@H](Cc2ccc(N)cc2)C[C@H](C)C(=O)O)cs1)C(C)C. The number of nitrogens with zero attached hydrogens (tertiary/aromatic N) is 3. The molecule has 0 saturated carbocycles. The smallest absolute Gasteiger partial charge is 0.306 e. The molecule has 2 heterocycles. The highest BCUT2D eigenvalue weighted by Crippen LogP contribution is 2.32. The van der Waals surface area contributed by atoms with Gasteiger partial charge >= 0.3 is 11.9 Å². The molecule has 1 aromatic heterocycles. The number of carbonyl (C=O) groups excluding carboxylic acids is 4. The normalized spacial score (nSPS) is 19.5. The largest absolute Gasteiger partial charge is 0.481 e. The van der Waals surface area contributed by atoms with Crippen LogP contribution in [0.4, 0.5) is 5.69 Å². The first kappa shape index (κ1) is 44.4. The lowest BCUT2D eigenvalue weighted by Gasteiger charge is -2.43. The summed E-state index contributed by atoms with van der Waals surface area (Å²) in [7, 11) is 1.95. The van der Waals surface area contributed by atoms with Crippen LogP contribution < -0.4 is 16.4 Å². The van der Waals surface area contributed by atoms with Crippen LogP contribution in [-0.4, -0.2) is 93.4 Å². The standard InChI is InChI=1S/C40H62N6O7S/c1-10-25(5)34(44-39(52)40(8)18-12-13-19-45(40)9)37(49)46(11-2)32(24(3)4)22-33(53-27(7)47)36-43-31(23-54-36)35(48)42-30(20-26(6)38(50)51)21-28-14-16-29(41)17-15-28/h14-17,23-26,30,32-34H,10-13,18-22,41H2,1-9H3,(H,42,48)(H,44,52)(H,50,51)/t25-,26-,30+,32?,33+,34-,40+/m0/s1. The summed E-state index contributed by atoms with van der Waals surface area (Å²) in [5.41, 5.74) is 6.73. The summed E-state index contributed by atoms with van der Waals surface area (Å²) in [5, 5.41) is 17.7. The molecular weight excluding hydrogens is 709 g/mol. The number of amides is 3. The first-order valence-corrected chi connectivity index (χ1v) is 20.1. The molecule has 0 radical (unpaired) electrons. The van der Waals surface area contributed by atoms with Gasteiger partial charge in [0, 0.05) is 43.0 Å². The van der Waals surface area contributed by atoms with Crippen molar-refractivity contribution in [3.63, 3.8) is 0 Å². The summed E-state index contributed by atoms with van der Waals surface area (Å²) >= 11 is 1.18. The van der Waals surface area contributed by atoms with Crippen molar-refractivity contribution in [3.8, 4) is 0 Å². The van der Waals surface area contributed by atoms with E-state index in [1.807, 2.05) is 60.7 Å². The number of rotatable bonds is 19. The lowest BCUT2D eigenvalue weighted by molar-refractivity contribution is -0.150. The summed E-state index contributed by atoms with van der Waals surface area (Å²) in [6, 6.07) is 5.55. The van der Waals surface area contributed by atoms with Gasteiger partial charge in [-0.3, -0.25) is 28.9 Å². The number of aliphatic carboxylic acids is 1. The number of thiazole rings is 1. The average molecular weight is 771 g/mol. The van der Waals surface area contributed by atoms with Crippen molar-refractivity contribution in [1.82, 2.24) is 25.4 Å². The molecule has 300 valence electrons. The van der Waals surface area contributed by atoms with E-state index in [1.165, 1.54) is 18.3 Å². The van der Waals surface area contributed by atoms with Gasteiger partial charge in [0.05, 0.1) is 11.5 Å². The number of nitrogens with one attached hydrogen (secondary N) is 2. The molecular formula is C40H62N6O7S. The number of piperidine rings is 1. The monoisotopic (exact) mass is 770 g/mol. The van der Waals surface area contributed by atoms with Crippen molar-refractivity contribution in [3.05, 3.63) is 45.9 Å². The Hall–Kier alpha value is -4.04. The van der Waals surface area contributed by atoms with Crippen molar-refractivity contribution in [1.29, 1.82) is 0 Å². The highest BCUT2D eigenvalue weighted by Gasteiger charge is 2.43. The number of likely N-dealkylation sites (tertiary alicyclic amines) is 1. The van der Waals surface area contributed by atoms with E-state index in [0.717, 1.165) is 24.9 Å². The number of ether oxygens (including phenoxy) is 1. The minimum absolute atomic E-state index is 0.0599. The number of anilines is 1. The molecule has 2 aromatic rings. The Morgan fingerprint density at radius 2 is 1.72 bits per heavy atom. The fraction of sp³-hybridized carbons (Fsp3) is 0.650. The van der Waals surface area contributed by atoms with Gasteiger partial charge < -0.3 is 31.1 Å². The van der Waals surface area contributed by atoms with Crippen LogP contribution in [0.1, 0.15) is 121 Å². The maximum atomic E-state index is 14.5. The van der Waals surface area contributed by atoms with E-state index in [9.17, 15) is 29.1 Å². The molecule has 0 aliphatic carbocycles. The average Bonchev–Trinajstić information content (AvgIpc) is 3.62. The molecule has 0 bridgehead atoms. The number of carboxylic acids is 1. The van der Waals surface area contributed by atoms with E-state index in [2.05, 4.69) is 20.5 Å². The molecule has 14 heteroatoms. The van der Waals surface area contributed by atoms with Crippen LogP contribution in [0, 0.1) is 17.8 Å². The summed E-state index contributed by atoms with van der Waals surface area (Å²) in [4.78, 5) is 74.5. The van der Waals surface area contributed by atoms with Crippen molar-refractivity contribution in [2.24, 2.45) is 17.8 Å². The van der Waals surface area contributed by atoms with E-state index in [4.69, 9.17) is 10.5 Å². The number of hydrogen-bond acceptors (Lipinski definition) is 10. The molecule has 1 fully saturated rings. The van der Waals surface area contributed by atoms with Crippen LogP contribution in [0.25, 0.3) is 0 Å². The van der Waals surface area contributed by atoms with Gasteiger partial charge in [-0.25, -0.2) is 4.98 Å². The van der Waals surface area contributed by atoms with Gasteiger partial charge in [0.25, 0.3) is 5.91 Å². The number of nitrogens with two attached hydrogens (primary N) is 1. The Kier molecular flexibility index (Phi) is 16.5. The number of likely N-dealkylation sites (N-methyl/N-ethyl adjacent to an activating group) is 2. The second-order valence-electron chi connectivity index (χ2n) is 15.4. The second-order valence-corrected chi connectivity index (χ2v) is 16.3. The molecule has 0 spiro atoms. The van der Waals surface area contributed by atoms with E-state index >= 15 is 0 Å². The Labute approximate surface area is 324 Å². The lowest BCUT2D eigenvalue weighted by Crippen LogP contribution is -2.63. The van der Waals surface area contributed by atoms with Crippen LogP contribution in [0.5, 0.6) is 0 Å². The molecule has 3 rings (SSSR count). The zero-order valence-electron chi connectivity index (χ0n) is 33.5. The van der Waals surface area contributed by atoms with E-state index in [1.54, 1.807) is 29.3 Å². The fourth-order valence-electron chi connectivity index (χ4n) is 7.09. The fourth-order valence-corrected chi connectivity index (χ4v) is 7.93. The van der Waals surface area contributed by atoms with Crippen LogP contribution in [-0.2, 0) is 30.3 Å². The predicted molar refractivity (Wildman–Crippen MR) is 211 cm³/mol. The minimum atomic E-state index is -0.963. The van der Waals surface area contributed by atoms with Gasteiger partial charge in [0.1, 0.15) is 16.7 Å². The van der Waals surface area contributed by atoms with Crippen molar-refractivity contribution >= 4 is 46.7 Å². The van der Waals surface area contributed by atoms with Gasteiger partial charge in [-0.2, -0.15) is 0 Å². The van der Waals surface area contributed by atoms with Gasteiger partial charge in [0.15, 0.2) is 6.10 Å². The summed E-state index contributed by atoms with van der Waals surface area (Å²) < 4.78 is 5.82. The maximum absolute atomic E-state index is 14.5. The third-order valence-corrected chi connectivity index (χ3v) is 11.9. The Morgan fingerprint density at radius 1 is 1.06 bits per heavy atom. The summed E-state index contributed by atoms with van der Waals surface area (Å²) in [6.07, 6.45) is 3.33. The predicted octanol–water partition coefficient (Wildman–Crippen LogP) is 5.45. The van der Waals surface area contributed by atoms with Crippen LogP contribution in [0.15, 0.2) is 29.6 Å². The topological polar surface area (TPSA) is 184 Å². The zero-order valence-corrected chi connectivity index (χ0v) is 34.3. The summed E-state index contributed by atoms with van der Waals surface area (Å²) in [5.74, 6) is -3.21. The van der Waals surface area contributed by atoms with Crippen molar-refractivity contribution in [2.75, 3.05) is 25.9 Å². The minimum Gasteiger partial charge on any atom is -0.481 e. The molecule has 3 amide bonds. The van der Waals surface area contributed by atoms with E-state index in [-0.39, 0.29) is 42.2 Å². The number of hydrogen-bond donors (Lipinski definition) is 4. The third kappa shape index (κ3) is 11.7. The highest BCUT2D eigenvalue weighted by atomic mass is 32.1. The number of carbonyl (C=O) groups is 5. The van der Waals surface area contributed by atoms with Crippen LogP contribution >= 0.6 is 11.3 Å². The first-order valence-electron chi connectivity index (χ1n) is 19.2. The van der Waals surface area contributed by atoms with Gasteiger partial charge in [-0.15, -0.1) is 11.3 Å². The van der Waals surface area contributed by atoms with Crippen LogP contribution in [0.2, 0.25) is 0 Å². The Morgan fingerprint density at radius 3 is 2.28 bits per heavy atom. The molecule has 5 N–H and O–H groups in total. The van der Waals surface area contributed by atoms with Gasteiger partial charge in [-0.1, -0.05) is 53.2 Å². The molecule has 1 unspecified atom stereocenters. The molecule has 1 aliphatic heterocycles. The third-order valence-electron chi connectivity index (χ3n) is 10.9. The quantitative estimate of drug-likeness (QED) is 0.106.